The van der Waals surface area contributed by atoms with Crippen LogP contribution in [0.3, 0.4) is 0 Å². The molecule has 54 valence electrons. The molecule has 0 saturated heterocycles. The van der Waals surface area contributed by atoms with Gasteiger partial charge >= 0.3 is 0 Å². The lowest BCUT2D eigenvalue weighted by molar-refractivity contribution is 0.158. The van der Waals surface area contributed by atoms with Gasteiger partial charge in [0.1, 0.15) is 0 Å². The molecule has 0 aliphatic heterocycles. The molecule has 0 aromatic rings. The maximum absolute atomic E-state index is 9.00. The Hall–Kier alpha value is -0.0400. The lowest BCUT2D eigenvalue weighted by Crippen LogP contribution is -2.08. The normalized spacial score (nSPS) is 25.7. The summed E-state index contributed by atoms with van der Waals surface area (Å²) in [4.78, 5) is 0. The van der Waals surface area contributed by atoms with Crippen molar-refractivity contribution in [2.75, 3.05) is 0 Å². The maximum atomic E-state index is 9.00. The van der Waals surface area contributed by atoms with Gasteiger partial charge in [0.25, 0.3) is 0 Å². The van der Waals surface area contributed by atoms with Crippen LogP contribution in [0.5, 0.6) is 0 Å². The molecule has 1 aliphatic rings. The van der Waals surface area contributed by atoms with E-state index in [0.717, 1.165) is 18.3 Å². The zero-order valence-electron chi connectivity index (χ0n) is 6.30. The molecule has 0 spiro atoms. The Kier molecular flexibility index (Phi) is 2.12. The molecule has 1 fully saturated rings. The second-order valence-corrected chi connectivity index (χ2v) is 3.40. The van der Waals surface area contributed by atoms with E-state index < -0.39 is 0 Å². The summed E-state index contributed by atoms with van der Waals surface area (Å²) in [5, 5.41) is 9.00. The molecule has 0 heterocycles. The van der Waals surface area contributed by atoms with Crippen molar-refractivity contribution in [3.63, 3.8) is 0 Å². The van der Waals surface area contributed by atoms with Gasteiger partial charge in [0.05, 0.1) is 6.10 Å². The van der Waals surface area contributed by atoms with E-state index in [1.165, 1.54) is 12.8 Å². The average Bonchev–Trinajstić information content (AvgIpc) is 2.40. The van der Waals surface area contributed by atoms with Crippen LogP contribution >= 0.6 is 0 Å². The summed E-state index contributed by atoms with van der Waals surface area (Å²) in [7, 11) is 0. The van der Waals surface area contributed by atoms with Crippen LogP contribution in [-0.2, 0) is 0 Å². The molecule has 0 aromatic carbocycles. The van der Waals surface area contributed by atoms with Crippen molar-refractivity contribution in [3.8, 4) is 0 Å². The molecule has 1 heteroatoms. The minimum atomic E-state index is -0.0967. The van der Waals surface area contributed by atoms with Gasteiger partial charge in [0.2, 0.25) is 0 Å². The lowest BCUT2D eigenvalue weighted by Gasteiger charge is -2.10. The molecular weight excluding hydrogens is 112 g/mol. The van der Waals surface area contributed by atoms with Crippen molar-refractivity contribution in [3.05, 3.63) is 0 Å². The van der Waals surface area contributed by atoms with Gasteiger partial charge in [-0.2, -0.15) is 0 Å². The monoisotopic (exact) mass is 128 g/mol. The van der Waals surface area contributed by atoms with Gasteiger partial charge in [-0.3, -0.25) is 0 Å². The highest BCUT2D eigenvalue weighted by Gasteiger charge is 2.28. The molecule has 1 unspecified atom stereocenters. The van der Waals surface area contributed by atoms with Gasteiger partial charge in [-0.25, -0.2) is 0 Å². The SMILES string of the molecule is CC(C[C@@H](C)O)C1CC1. The van der Waals surface area contributed by atoms with E-state index in [9.17, 15) is 0 Å². The number of hydrogen-bond donors (Lipinski definition) is 1. The third kappa shape index (κ3) is 2.35. The van der Waals surface area contributed by atoms with E-state index in [1.54, 1.807) is 0 Å². The minimum absolute atomic E-state index is 0.0967. The number of aliphatic hydroxyl groups excluding tert-OH is 1. The van der Waals surface area contributed by atoms with Crippen LogP contribution in [0, 0.1) is 11.8 Å². The highest BCUT2D eigenvalue weighted by molar-refractivity contribution is 4.79. The zero-order valence-corrected chi connectivity index (χ0v) is 6.30. The first-order valence-electron chi connectivity index (χ1n) is 3.88. The van der Waals surface area contributed by atoms with Crippen molar-refractivity contribution >= 4 is 0 Å². The van der Waals surface area contributed by atoms with Crippen molar-refractivity contribution in [2.45, 2.75) is 39.2 Å². The van der Waals surface area contributed by atoms with Gasteiger partial charge in [0.15, 0.2) is 0 Å². The standard InChI is InChI=1S/C8H16O/c1-6(5-7(2)9)8-3-4-8/h6-9H,3-5H2,1-2H3/t6?,7-/m1/s1. The Morgan fingerprint density at radius 2 is 2.00 bits per heavy atom. The molecule has 1 nitrogen and oxygen atoms in total. The summed E-state index contributed by atoms with van der Waals surface area (Å²) in [6.07, 6.45) is 3.69. The second-order valence-electron chi connectivity index (χ2n) is 3.40. The van der Waals surface area contributed by atoms with Crippen LogP contribution in [0.15, 0.2) is 0 Å². The fraction of sp³-hybridized carbons (Fsp3) is 1.00. The van der Waals surface area contributed by atoms with Gasteiger partial charge in [0, 0.05) is 0 Å². The van der Waals surface area contributed by atoms with Gasteiger partial charge in [-0.15, -0.1) is 0 Å². The fourth-order valence-electron chi connectivity index (χ4n) is 1.40. The molecule has 1 saturated carbocycles. The Morgan fingerprint density at radius 3 is 2.33 bits per heavy atom. The highest BCUT2D eigenvalue weighted by atomic mass is 16.3. The smallest absolute Gasteiger partial charge is 0.0514 e. The topological polar surface area (TPSA) is 20.2 Å². The van der Waals surface area contributed by atoms with Gasteiger partial charge in [-0.05, 0) is 38.0 Å². The molecule has 0 bridgehead atoms. The molecule has 1 aliphatic carbocycles. The van der Waals surface area contributed by atoms with Crippen molar-refractivity contribution in [1.29, 1.82) is 0 Å². The zero-order chi connectivity index (χ0) is 6.85. The van der Waals surface area contributed by atoms with E-state index in [-0.39, 0.29) is 6.10 Å². The first-order chi connectivity index (χ1) is 4.20. The van der Waals surface area contributed by atoms with E-state index >= 15 is 0 Å². The fourth-order valence-corrected chi connectivity index (χ4v) is 1.40. The quantitative estimate of drug-likeness (QED) is 0.614. The van der Waals surface area contributed by atoms with Crippen molar-refractivity contribution in [2.24, 2.45) is 11.8 Å². The van der Waals surface area contributed by atoms with E-state index in [2.05, 4.69) is 6.92 Å². The third-order valence-electron chi connectivity index (χ3n) is 2.14. The summed E-state index contributed by atoms with van der Waals surface area (Å²) in [6.45, 7) is 4.11. The Balaban J connectivity index is 2.10. The van der Waals surface area contributed by atoms with E-state index in [4.69, 9.17) is 5.11 Å². The van der Waals surface area contributed by atoms with Crippen molar-refractivity contribution in [1.82, 2.24) is 0 Å². The largest absolute Gasteiger partial charge is 0.393 e. The lowest BCUT2D eigenvalue weighted by atomic mass is 10.00. The van der Waals surface area contributed by atoms with E-state index in [1.807, 2.05) is 6.92 Å². The molecular formula is C8H16O. The van der Waals surface area contributed by atoms with Crippen molar-refractivity contribution < 1.29 is 5.11 Å². The summed E-state index contributed by atoms with van der Waals surface area (Å²) in [6, 6.07) is 0. The number of hydrogen-bond acceptors (Lipinski definition) is 1. The Morgan fingerprint density at radius 1 is 1.44 bits per heavy atom. The predicted molar refractivity (Wildman–Crippen MR) is 38.2 cm³/mol. The minimum Gasteiger partial charge on any atom is -0.393 e. The average molecular weight is 128 g/mol. The van der Waals surface area contributed by atoms with Crippen LogP contribution in [-0.4, -0.2) is 11.2 Å². The first-order valence-corrected chi connectivity index (χ1v) is 3.88. The molecule has 9 heavy (non-hydrogen) atoms. The molecule has 0 aromatic heterocycles. The number of aliphatic hydroxyl groups is 1. The molecule has 1 N–H and O–H groups in total. The van der Waals surface area contributed by atoms with Crippen LogP contribution < -0.4 is 0 Å². The summed E-state index contributed by atoms with van der Waals surface area (Å²) in [5.74, 6) is 1.70. The second kappa shape index (κ2) is 2.70. The van der Waals surface area contributed by atoms with Gasteiger partial charge in [-0.1, -0.05) is 6.92 Å². The van der Waals surface area contributed by atoms with Crippen LogP contribution in [0.2, 0.25) is 0 Å². The van der Waals surface area contributed by atoms with Crippen LogP contribution in [0.4, 0.5) is 0 Å². The number of rotatable bonds is 3. The van der Waals surface area contributed by atoms with E-state index in [0.29, 0.717) is 0 Å². The molecule has 0 amide bonds. The first kappa shape index (κ1) is 7.07. The van der Waals surface area contributed by atoms with Crippen LogP contribution in [0.1, 0.15) is 33.1 Å². The Labute approximate surface area is 57.1 Å². The summed E-state index contributed by atoms with van der Waals surface area (Å²) < 4.78 is 0. The maximum Gasteiger partial charge on any atom is 0.0514 e. The molecule has 0 radical (unpaired) electrons. The predicted octanol–water partition coefficient (Wildman–Crippen LogP) is 1.80. The molecule has 2 atom stereocenters. The summed E-state index contributed by atoms with van der Waals surface area (Å²) >= 11 is 0. The van der Waals surface area contributed by atoms with Gasteiger partial charge < -0.3 is 5.11 Å². The molecule has 1 rings (SSSR count). The highest BCUT2D eigenvalue weighted by Crippen LogP contribution is 2.38. The Bertz CT molecular complexity index is 84.6. The third-order valence-corrected chi connectivity index (χ3v) is 2.14. The summed E-state index contributed by atoms with van der Waals surface area (Å²) in [5.41, 5.74) is 0. The van der Waals surface area contributed by atoms with Crippen LogP contribution in [0.25, 0.3) is 0 Å².